The largest absolute Gasteiger partial charge is 0.481 e. The second kappa shape index (κ2) is 6.79. The molecule has 0 amide bonds. The molecule has 2 N–H and O–H groups in total. The molecule has 0 aliphatic rings. The van der Waals surface area contributed by atoms with Crippen molar-refractivity contribution in [1.29, 1.82) is 0 Å². The number of carbonyl (C=O) groups is 1. The molecule has 0 aliphatic heterocycles. The molecule has 1 aromatic rings. The third kappa shape index (κ3) is 7.54. The molecule has 0 heterocycles. The first kappa shape index (κ1) is 17.3. The monoisotopic (exact) mass is 325 g/mol. The van der Waals surface area contributed by atoms with Crippen molar-refractivity contribution in [2.75, 3.05) is 10.5 Å². The predicted molar refractivity (Wildman–Crippen MR) is 70.5 cm³/mol. The number of alkyl halides is 3. The van der Waals surface area contributed by atoms with Crippen molar-refractivity contribution in [3.05, 3.63) is 29.8 Å². The van der Waals surface area contributed by atoms with Crippen LogP contribution in [-0.4, -0.2) is 31.4 Å². The van der Waals surface area contributed by atoms with Crippen LogP contribution >= 0.6 is 0 Å². The summed E-state index contributed by atoms with van der Waals surface area (Å²) >= 11 is 0. The van der Waals surface area contributed by atoms with Crippen LogP contribution in [0.25, 0.3) is 0 Å². The summed E-state index contributed by atoms with van der Waals surface area (Å²) in [5.74, 6) is -1.73. The van der Waals surface area contributed by atoms with Gasteiger partial charge in [0.05, 0.1) is 12.2 Å². The van der Waals surface area contributed by atoms with Crippen molar-refractivity contribution in [1.82, 2.24) is 0 Å². The summed E-state index contributed by atoms with van der Waals surface area (Å²) < 4.78 is 61.3. The maximum Gasteiger partial charge on any atom is 0.389 e. The Morgan fingerprint density at radius 1 is 1.29 bits per heavy atom. The van der Waals surface area contributed by atoms with E-state index in [4.69, 9.17) is 5.11 Å². The van der Waals surface area contributed by atoms with Gasteiger partial charge >= 0.3 is 12.1 Å². The molecule has 0 unspecified atom stereocenters. The summed E-state index contributed by atoms with van der Waals surface area (Å²) in [4.78, 5) is 10.6. The second-order valence-corrected chi connectivity index (χ2v) is 6.25. The zero-order valence-corrected chi connectivity index (χ0v) is 11.7. The van der Waals surface area contributed by atoms with Gasteiger partial charge in [0.25, 0.3) is 0 Å². The van der Waals surface area contributed by atoms with Gasteiger partial charge in [0.1, 0.15) is 0 Å². The average Bonchev–Trinajstić information content (AvgIpc) is 2.25. The third-order valence-corrected chi connectivity index (χ3v) is 3.80. The average molecular weight is 325 g/mol. The van der Waals surface area contributed by atoms with E-state index in [2.05, 4.69) is 4.72 Å². The van der Waals surface area contributed by atoms with Crippen LogP contribution in [0.2, 0.25) is 0 Å². The summed E-state index contributed by atoms with van der Waals surface area (Å²) in [5.41, 5.74) is 0.513. The van der Waals surface area contributed by atoms with Crippen LogP contribution in [0.3, 0.4) is 0 Å². The van der Waals surface area contributed by atoms with Gasteiger partial charge < -0.3 is 5.11 Å². The summed E-state index contributed by atoms with van der Waals surface area (Å²) in [6, 6.07) is 5.70. The Labute approximate surface area is 119 Å². The molecule has 118 valence electrons. The number of carboxylic acids is 1. The molecule has 0 aliphatic carbocycles. The van der Waals surface area contributed by atoms with E-state index in [0.29, 0.717) is 5.56 Å². The van der Waals surface area contributed by atoms with E-state index in [-0.39, 0.29) is 12.1 Å². The molecule has 9 heteroatoms. The number of halogens is 3. The number of nitrogens with one attached hydrogen (secondary N) is 1. The maximum absolute atomic E-state index is 12.0. The topological polar surface area (TPSA) is 83.5 Å². The third-order valence-electron chi connectivity index (χ3n) is 2.43. The van der Waals surface area contributed by atoms with E-state index in [1.807, 2.05) is 0 Å². The molecule has 0 aromatic heterocycles. The van der Waals surface area contributed by atoms with Gasteiger partial charge in [0, 0.05) is 12.1 Å². The fourth-order valence-electron chi connectivity index (χ4n) is 1.61. The van der Waals surface area contributed by atoms with Crippen LogP contribution in [0.15, 0.2) is 24.3 Å². The van der Waals surface area contributed by atoms with Crippen LogP contribution in [0.4, 0.5) is 18.9 Å². The number of rotatable bonds is 7. The molecular formula is C12H14F3NO4S. The van der Waals surface area contributed by atoms with E-state index in [9.17, 15) is 26.4 Å². The Balaban J connectivity index is 2.64. The zero-order chi connectivity index (χ0) is 16.1. The van der Waals surface area contributed by atoms with Gasteiger partial charge in [0.2, 0.25) is 10.0 Å². The Kier molecular flexibility index (Phi) is 5.59. The van der Waals surface area contributed by atoms with Crippen LogP contribution in [0.5, 0.6) is 0 Å². The molecular weight excluding hydrogens is 311 g/mol. The molecule has 0 radical (unpaired) electrons. The minimum Gasteiger partial charge on any atom is -0.481 e. The van der Waals surface area contributed by atoms with Gasteiger partial charge in [-0.1, -0.05) is 12.1 Å². The Hall–Kier alpha value is -1.77. The van der Waals surface area contributed by atoms with Gasteiger partial charge in [-0.3, -0.25) is 9.52 Å². The lowest BCUT2D eigenvalue weighted by Gasteiger charge is -2.10. The molecule has 0 bridgehead atoms. The molecule has 0 saturated heterocycles. The van der Waals surface area contributed by atoms with Gasteiger partial charge in [-0.25, -0.2) is 8.42 Å². The SMILES string of the molecule is O=C(O)Cc1cccc(NS(=O)(=O)CCCC(F)(F)F)c1. The quantitative estimate of drug-likeness (QED) is 0.806. The molecule has 0 saturated carbocycles. The predicted octanol–water partition coefficient (Wildman–Crippen LogP) is 2.40. The summed E-state index contributed by atoms with van der Waals surface area (Å²) in [6.07, 6.45) is -6.37. The Bertz CT molecular complexity index is 599. The van der Waals surface area contributed by atoms with Gasteiger partial charge in [0.15, 0.2) is 0 Å². The summed E-state index contributed by atoms with van der Waals surface area (Å²) in [5, 5.41) is 8.64. The number of hydrogen-bond acceptors (Lipinski definition) is 3. The van der Waals surface area contributed by atoms with E-state index in [1.165, 1.54) is 24.3 Å². The van der Waals surface area contributed by atoms with Crippen LogP contribution in [0.1, 0.15) is 18.4 Å². The zero-order valence-electron chi connectivity index (χ0n) is 10.9. The van der Waals surface area contributed by atoms with Gasteiger partial charge in [-0.05, 0) is 24.1 Å². The fourth-order valence-corrected chi connectivity index (χ4v) is 2.73. The number of hydrogen-bond donors (Lipinski definition) is 2. The van der Waals surface area contributed by atoms with Crippen LogP contribution in [0, 0.1) is 0 Å². The van der Waals surface area contributed by atoms with E-state index in [1.54, 1.807) is 0 Å². The highest BCUT2D eigenvalue weighted by atomic mass is 32.2. The smallest absolute Gasteiger partial charge is 0.389 e. The van der Waals surface area contributed by atoms with Crippen LogP contribution in [-0.2, 0) is 21.2 Å². The highest BCUT2D eigenvalue weighted by molar-refractivity contribution is 7.92. The summed E-state index contributed by atoms with van der Waals surface area (Å²) in [7, 11) is -3.90. The molecule has 0 spiro atoms. The second-order valence-electron chi connectivity index (χ2n) is 4.41. The number of carboxylic acid groups (broad SMARTS) is 1. The molecule has 1 rings (SSSR count). The maximum atomic E-state index is 12.0. The number of benzene rings is 1. The van der Waals surface area contributed by atoms with Crippen molar-refractivity contribution in [3.8, 4) is 0 Å². The van der Waals surface area contributed by atoms with Crippen molar-refractivity contribution >= 4 is 21.7 Å². The van der Waals surface area contributed by atoms with Crippen molar-refractivity contribution in [2.24, 2.45) is 0 Å². The van der Waals surface area contributed by atoms with Crippen molar-refractivity contribution in [2.45, 2.75) is 25.4 Å². The van der Waals surface area contributed by atoms with Crippen LogP contribution < -0.4 is 4.72 Å². The highest BCUT2D eigenvalue weighted by Gasteiger charge is 2.27. The van der Waals surface area contributed by atoms with Gasteiger partial charge in [-0.2, -0.15) is 13.2 Å². The number of aliphatic carboxylic acids is 1. The summed E-state index contributed by atoms with van der Waals surface area (Å²) in [6.45, 7) is 0. The normalized spacial score (nSPS) is 12.1. The lowest BCUT2D eigenvalue weighted by molar-refractivity contribution is -0.136. The lowest BCUT2D eigenvalue weighted by Crippen LogP contribution is -2.19. The molecule has 0 atom stereocenters. The molecule has 1 aromatic carbocycles. The fraction of sp³-hybridized carbons (Fsp3) is 0.417. The Morgan fingerprint density at radius 3 is 2.52 bits per heavy atom. The molecule has 21 heavy (non-hydrogen) atoms. The molecule has 5 nitrogen and oxygen atoms in total. The standard InChI is InChI=1S/C12H14F3NO4S/c13-12(14,15)5-2-6-21(19,20)16-10-4-1-3-9(7-10)8-11(17)18/h1,3-4,7,16H,2,5-6,8H2,(H,17,18). The lowest BCUT2D eigenvalue weighted by atomic mass is 10.1. The van der Waals surface area contributed by atoms with Crippen molar-refractivity contribution in [3.63, 3.8) is 0 Å². The first-order valence-corrected chi connectivity index (χ1v) is 7.61. The minimum atomic E-state index is -4.39. The van der Waals surface area contributed by atoms with E-state index >= 15 is 0 Å². The number of sulfonamides is 1. The number of anilines is 1. The molecule has 0 fully saturated rings. The van der Waals surface area contributed by atoms with E-state index in [0.717, 1.165) is 0 Å². The van der Waals surface area contributed by atoms with Crippen molar-refractivity contribution < 1.29 is 31.5 Å². The Morgan fingerprint density at radius 2 is 1.95 bits per heavy atom. The van der Waals surface area contributed by atoms with Gasteiger partial charge in [-0.15, -0.1) is 0 Å². The highest BCUT2D eigenvalue weighted by Crippen LogP contribution is 2.22. The first-order chi connectivity index (χ1) is 9.57. The minimum absolute atomic E-state index is 0.126. The van der Waals surface area contributed by atoms with E-state index < -0.39 is 40.8 Å². The first-order valence-electron chi connectivity index (χ1n) is 5.95.